The monoisotopic (exact) mass is 279 g/mol. The number of nitro benzene ring substituents is 1. The molecular formula is C13H17N3O4. The lowest BCUT2D eigenvalue weighted by Crippen LogP contribution is -2.40. The first kappa shape index (κ1) is 14.3. The summed E-state index contributed by atoms with van der Waals surface area (Å²) < 4.78 is 0. The average molecular weight is 279 g/mol. The fourth-order valence-electron chi connectivity index (χ4n) is 2.53. The number of para-hydroxylation sites is 1. The Morgan fingerprint density at radius 1 is 1.55 bits per heavy atom. The predicted molar refractivity (Wildman–Crippen MR) is 72.6 cm³/mol. The normalized spacial score (nSPS) is 18.9. The Hall–Kier alpha value is -2.15. The van der Waals surface area contributed by atoms with E-state index in [1.807, 2.05) is 7.05 Å². The van der Waals surface area contributed by atoms with Crippen LogP contribution >= 0.6 is 0 Å². The van der Waals surface area contributed by atoms with E-state index in [4.69, 9.17) is 0 Å². The molecule has 1 amide bonds. The Morgan fingerprint density at radius 2 is 2.25 bits per heavy atom. The number of benzene rings is 1. The molecule has 0 radical (unpaired) electrons. The molecule has 1 atom stereocenters. The second-order valence-corrected chi connectivity index (χ2v) is 5.00. The number of likely N-dealkylation sites (N-methyl/N-ethyl adjacent to an activating group) is 1. The van der Waals surface area contributed by atoms with Gasteiger partial charge in [-0.1, -0.05) is 18.2 Å². The lowest BCUT2D eigenvalue weighted by atomic mass is 10.1. The van der Waals surface area contributed by atoms with Crippen molar-refractivity contribution in [3.05, 3.63) is 39.9 Å². The van der Waals surface area contributed by atoms with Gasteiger partial charge in [0.05, 0.1) is 11.5 Å². The summed E-state index contributed by atoms with van der Waals surface area (Å²) in [6.07, 6.45) is -0.285. The minimum atomic E-state index is -1.04. The number of rotatable bonds is 4. The van der Waals surface area contributed by atoms with Crippen LogP contribution in [-0.2, 0) is 6.54 Å². The first-order valence-electron chi connectivity index (χ1n) is 6.39. The maximum Gasteiger partial charge on any atom is 0.407 e. The van der Waals surface area contributed by atoms with Crippen molar-refractivity contribution in [2.45, 2.75) is 19.0 Å². The summed E-state index contributed by atoms with van der Waals surface area (Å²) >= 11 is 0. The van der Waals surface area contributed by atoms with E-state index in [-0.39, 0.29) is 18.3 Å². The number of nitrogens with zero attached hydrogens (tertiary/aromatic N) is 3. The molecule has 1 aliphatic rings. The fraction of sp³-hybridized carbons (Fsp3) is 0.462. The zero-order valence-electron chi connectivity index (χ0n) is 11.2. The van der Waals surface area contributed by atoms with Crippen molar-refractivity contribution in [1.29, 1.82) is 0 Å². The van der Waals surface area contributed by atoms with Gasteiger partial charge in [-0.25, -0.2) is 4.79 Å². The smallest absolute Gasteiger partial charge is 0.407 e. The van der Waals surface area contributed by atoms with Crippen molar-refractivity contribution in [1.82, 2.24) is 9.80 Å². The van der Waals surface area contributed by atoms with Crippen molar-refractivity contribution < 1.29 is 14.8 Å². The fourth-order valence-corrected chi connectivity index (χ4v) is 2.53. The van der Waals surface area contributed by atoms with Crippen LogP contribution in [0.4, 0.5) is 10.5 Å². The Balaban J connectivity index is 2.21. The Labute approximate surface area is 116 Å². The highest BCUT2D eigenvalue weighted by atomic mass is 16.6. The molecule has 0 saturated carbocycles. The van der Waals surface area contributed by atoms with Crippen LogP contribution in [0.25, 0.3) is 0 Å². The van der Waals surface area contributed by atoms with E-state index >= 15 is 0 Å². The molecule has 7 heteroatoms. The van der Waals surface area contributed by atoms with Crippen LogP contribution in [0, 0.1) is 10.1 Å². The summed E-state index contributed by atoms with van der Waals surface area (Å²) in [5.74, 6) is 0. The lowest BCUT2D eigenvalue weighted by Gasteiger charge is -2.25. The molecule has 0 aromatic heterocycles. The number of hydrogen-bond donors (Lipinski definition) is 1. The standard InChI is InChI=1S/C13H17N3O4/c1-14-7-6-11(9-14)15(13(17)18)8-10-4-2-3-5-12(10)16(19)20/h2-5,11H,6-9H2,1H3,(H,17,18). The molecule has 1 aromatic carbocycles. The largest absolute Gasteiger partial charge is 0.465 e. The summed E-state index contributed by atoms with van der Waals surface area (Å²) in [5.41, 5.74) is 0.388. The predicted octanol–water partition coefficient (Wildman–Crippen LogP) is 1.78. The second kappa shape index (κ2) is 5.87. The Kier molecular flexibility index (Phi) is 4.19. The minimum absolute atomic E-state index is 0.0369. The number of amides is 1. The highest BCUT2D eigenvalue weighted by Gasteiger charge is 2.30. The molecule has 20 heavy (non-hydrogen) atoms. The average Bonchev–Trinajstić information content (AvgIpc) is 2.82. The third-order valence-corrected chi connectivity index (χ3v) is 3.58. The summed E-state index contributed by atoms with van der Waals surface area (Å²) in [4.78, 5) is 25.3. The molecule has 1 aromatic rings. The molecule has 1 unspecified atom stereocenters. The van der Waals surface area contributed by atoms with Gasteiger partial charge in [-0.15, -0.1) is 0 Å². The highest BCUT2D eigenvalue weighted by molar-refractivity contribution is 5.66. The number of likely N-dealkylation sites (tertiary alicyclic amines) is 1. The summed E-state index contributed by atoms with van der Waals surface area (Å²) in [7, 11) is 1.94. The van der Waals surface area contributed by atoms with E-state index in [0.717, 1.165) is 13.0 Å². The summed E-state index contributed by atoms with van der Waals surface area (Å²) in [5, 5.41) is 20.3. The number of carboxylic acid groups (broad SMARTS) is 1. The van der Waals surface area contributed by atoms with Gasteiger partial charge >= 0.3 is 6.09 Å². The van der Waals surface area contributed by atoms with Gasteiger partial charge in [0.1, 0.15) is 0 Å². The zero-order valence-corrected chi connectivity index (χ0v) is 11.2. The number of carbonyl (C=O) groups is 1. The molecule has 1 fully saturated rings. The van der Waals surface area contributed by atoms with Crippen LogP contribution in [0.3, 0.4) is 0 Å². The Bertz CT molecular complexity index is 520. The molecule has 0 spiro atoms. The van der Waals surface area contributed by atoms with Crippen LogP contribution in [0.1, 0.15) is 12.0 Å². The topological polar surface area (TPSA) is 86.9 Å². The van der Waals surface area contributed by atoms with Crippen LogP contribution in [0.5, 0.6) is 0 Å². The lowest BCUT2D eigenvalue weighted by molar-refractivity contribution is -0.385. The van der Waals surface area contributed by atoms with Gasteiger partial charge in [-0.2, -0.15) is 0 Å². The molecule has 0 aliphatic carbocycles. The number of hydrogen-bond acceptors (Lipinski definition) is 4. The molecule has 1 aliphatic heterocycles. The van der Waals surface area contributed by atoms with E-state index in [9.17, 15) is 20.0 Å². The molecule has 1 saturated heterocycles. The quantitative estimate of drug-likeness (QED) is 0.670. The van der Waals surface area contributed by atoms with Crippen molar-refractivity contribution in [3.8, 4) is 0 Å². The second-order valence-electron chi connectivity index (χ2n) is 5.00. The van der Waals surface area contributed by atoms with Gasteiger partial charge in [0.2, 0.25) is 0 Å². The van der Waals surface area contributed by atoms with E-state index < -0.39 is 11.0 Å². The molecule has 0 bridgehead atoms. The van der Waals surface area contributed by atoms with E-state index in [1.54, 1.807) is 18.2 Å². The highest BCUT2D eigenvalue weighted by Crippen LogP contribution is 2.23. The van der Waals surface area contributed by atoms with Crippen molar-refractivity contribution in [2.75, 3.05) is 20.1 Å². The van der Waals surface area contributed by atoms with Gasteiger partial charge in [0, 0.05) is 24.2 Å². The van der Waals surface area contributed by atoms with Crippen molar-refractivity contribution in [2.24, 2.45) is 0 Å². The molecule has 1 N–H and O–H groups in total. The van der Waals surface area contributed by atoms with Crippen LogP contribution in [0.2, 0.25) is 0 Å². The van der Waals surface area contributed by atoms with Gasteiger partial charge in [0.15, 0.2) is 0 Å². The number of nitro groups is 1. The van der Waals surface area contributed by atoms with Crippen LogP contribution in [-0.4, -0.2) is 52.1 Å². The maximum absolute atomic E-state index is 11.4. The van der Waals surface area contributed by atoms with Crippen LogP contribution < -0.4 is 0 Å². The van der Waals surface area contributed by atoms with Gasteiger partial charge < -0.3 is 10.0 Å². The summed E-state index contributed by atoms with van der Waals surface area (Å²) in [6.45, 7) is 1.54. The van der Waals surface area contributed by atoms with Crippen LogP contribution in [0.15, 0.2) is 24.3 Å². The molecule has 1 heterocycles. The summed E-state index contributed by atoms with van der Waals surface area (Å²) in [6, 6.07) is 6.15. The third kappa shape index (κ3) is 3.05. The maximum atomic E-state index is 11.4. The van der Waals surface area contributed by atoms with Gasteiger partial charge in [-0.05, 0) is 20.0 Å². The van der Waals surface area contributed by atoms with Gasteiger partial charge in [-0.3, -0.25) is 15.0 Å². The SMILES string of the molecule is CN1CCC(N(Cc2ccccc2[N+](=O)[O-])C(=O)O)C1. The van der Waals surface area contributed by atoms with Crippen molar-refractivity contribution >= 4 is 11.8 Å². The minimum Gasteiger partial charge on any atom is -0.465 e. The first-order valence-corrected chi connectivity index (χ1v) is 6.39. The molecule has 2 rings (SSSR count). The molecule has 7 nitrogen and oxygen atoms in total. The van der Waals surface area contributed by atoms with Gasteiger partial charge in [0.25, 0.3) is 5.69 Å². The Morgan fingerprint density at radius 3 is 2.80 bits per heavy atom. The first-order chi connectivity index (χ1) is 9.49. The van der Waals surface area contributed by atoms with Crippen molar-refractivity contribution in [3.63, 3.8) is 0 Å². The molecular weight excluding hydrogens is 262 g/mol. The van der Waals surface area contributed by atoms with E-state index in [2.05, 4.69) is 4.90 Å². The third-order valence-electron chi connectivity index (χ3n) is 3.58. The van der Waals surface area contributed by atoms with E-state index in [0.29, 0.717) is 12.1 Å². The van der Waals surface area contributed by atoms with E-state index in [1.165, 1.54) is 11.0 Å². The molecule has 108 valence electrons. The zero-order chi connectivity index (χ0) is 14.7.